The molecule has 0 amide bonds. The lowest BCUT2D eigenvalue weighted by Crippen LogP contribution is -2.41. The maximum atomic E-state index is 6.22. The minimum absolute atomic E-state index is 0.323. The highest BCUT2D eigenvalue weighted by molar-refractivity contribution is 6.62. The van der Waals surface area contributed by atoms with Crippen LogP contribution >= 0.6 is 11.6 Å². The molecule has 0 N–H and O–H groups in total. The predicted molar refractivity (Wildman–Crippen MR) is 109 cm³/mol. The van der Waals surface area contributed by atoms with Crippen molar-refractivity contribution in [3.05, 3.63) is 52.5 Å². The van der Waals surface area contributed by atoms with Gasteiger partial charge in [-0.3, -0.25) is 0 Å². The lowest BCUT2D eigenvalue weighted by atomic mass is 9.78. The molecule has 2 aliphatic rings. The smallest absolute Gasteiger partial charge is 0.399 e. The first kappa shape index (κ1) is 17.9. The summed E-state index contributed by atoms with van der Waals surface area (Å²) < 4.78 is 12.4. The Bertz CT molecular complexity index is 849. The molecule has 0 unspecified atom stereocenters. The molecule has 1 fully saturated rings. The highest BCUT2D eigenvalue weighted by Crippen LogP contribution is 2.38. The number of halogens is 1. The number of aryl methyl sites for hydroxylation is 2. The quantitative estimate of drug-likeness (QED) is 0.691. The molecule has 4 rings (SSSR count). The van der Waals surface area contributed by atoms with E-state index in [1.54, 1.807) is 0 Å². The molecule has 26 heavy (non-hydrogen) atoms. The molecule has 2 aliphatic heterocycles. The Balaban J connectivity index is 1.68. The van der Waals surface area contributed by atoms with Crippen molar-refractivity contribution < 1.29 is 9.31 Å². The van der Waals surface area contributed by atoms with Gasteiger partial charge in [-0.1, -0.05) is 23.7 Å². The van der Waals surface area contributed by atoms with E-state index in [2.05, 4.69) is 70.0 Å². The van der Waals surface area contributed by atoms with E-state index in [9.17, 15) is 0 Å². The third-order valence-corrected chi connectivity index (χ3v) is 6.29. The van der Waals surface area contributed by atoms with Crippen LogP contribution < -0.4 is 10.4 Å². The molecule has 0 bridgehead atoms. The van der Waals surface area contributed by atoms with Gasteiger partial charge in [0.15, 0.2) is 0 Å². The van der Waals surface area contributed by atoms with E-state index in [0.717, 1.165) is 23.3 Å². The summed E-state index contributed by atoms with van der Waals surface area (Å²) in [7, 11) is 1.79. The van der Waals surface area contributed by atoms with Crippen LogP contribution in [0, 0.1) is 0 Å². The van der Waals surface area contributed by atoms with Crippen molar-refractivity contribution in [1.29, 1.82) is 0 Å². The van der Waals surface area contributed by atoms with Gasteiger partial charge in [0.05, 0.1) is 11.2 Å². The molecule has 0 radical (unpaired) electrons. The first-order valence-corrected chi connectivity index (χ1v) is 9.56. The molecular formula is C21H25BClNO2. The van der Waals surface area contributed by atoms with Crippen LogP contribution in [-0.4, -0.2) is 25.4 Å². The average molecular weight is 370 g/mol. The zero-order valence-corrected chi connectivity index (χ0v) is 16.9. The number of hydrogen-bond donors (Lipinski definition) is 0. The molecule has 0 atom stereocenters. The summed E-state index contributed by atoms with van der Waals surface area (Å²) in [6, 6.07) is 12.7. The standard InChI is InChI=1S/C21H25BClNO2/c1-20(2)21(3,4)26-22(25-20)16-8-10-18-14(12-16)6-7-15-13-17(23)9-11-19(15)24(18)5/h8-13H,6-7H2,1-5H3. The van der Waals surface area contributed by atoms with Crippen molar-refractivity contribution in [3.63, 3.8) is 0 Å². The maximum Gasteiger partial charge on any atom is 0.494 e. The van der Waals surface area contributed by atoms with Crippen LogP contribution in [0.4, 0.5) is 11.4 Å². The third kappa shape index (κ3) is 2.85. The number of anilines is 2. The second kappa shape index (κ2) is 6.02. The van der Waals surface area contributed by atoms with Gasteiger partial charge >= 0.3 is 7.12 Å². The minimum atomic E-state index is -0.325. The molecular weight excluding hydrogens is 345 g/mol. The summed E-state index contributed by atoms with van der Waals surface area (Å²) in [5.74, 6) is 0. The van der Waals surface area contributed by atoms with E-state index in [1.165, 1.54) is 22.5 Å². The van der Waals surface area contributed by atoms with E-state index in [1.807, 2.05) is 6.07 Å². The van der Waals surface area contributed by atoms with Gasteiger partial charge in [-0.05, 0) is 81.4 Å². The Morgan fingerprint density at radius 3 is 2.04 bits per heavy atom. The highest BCUT2D eigenvalue weighted by atomic mass is 35.5. The number of fused-ring (bicyclic) bond motifs is 2. The second-order valence-corrected chi connectivity index (χ2v) is 8.74. The molecule has 2 heterocycles. The van der Waals surface area contributed by atoms with E-state index in [4.69, 9.17) is 20.9 Å². The molecule has 0 spiro atoms. The summed E-state index contributed by atoms with van der Waals surface area (Å²) in [6.45, 7) is 8.35. The SMILES string of the molecule is CN1c2ccc(Cl)cc2CCc2cc(B3OC(C)(C)C(C)(C)O3)ccc21. The summed E-state index contributed by atoms with van der Waals surface area (Å²) in [6.07, 6.45) is 1.94. The van der Waals surface area contributed by atoms with E-state index in [-0.39, 0.29) is 18.3 Å². The summed E-state index contributed by atoms with van der Waals surface area (Å²) in [4.78, 5) is 2.25. The molecule has 1 saturated heterocycles. The topological polar surface area (TPSA) is 21.7 Å². The van der Waals surface area contributed by atoms with Crippen LogP contribution in [0.5, 0.6) is 0 Å². The molecule has 5 heteroatoms. The Kier molecular flexibility index (Phi) is 4.14. The highest BCUT2D eigenvalue weighted by Gasteiger charge is 2.51. The number of benzene rings is 2. The fourth-order valence-corrected chi connectivity index (χ4v) is 3.93. The van der Waals surface area contributed by atoms with Gasteiger partial charge in [0.2, 0.25) is 0 Å². The van der Waals surface area contributed by atoms with Crippen LogP contribution in [-0.2, 0) is 22.2 Å². The number of rotatable bonds is 1. The molecule has 0 saturated carbocycles. The number of hydrogen-bond acceptors (Lipinski definition) is 3. The minimum Gasteiger partial charge on any atom is -0.399 e. The van der Waals surface area contributed by atoms with Crippen LogP contribution in [0.15, 0.2) is 36.4 Å². The molecule has 3 nitrogen and oxygen atoms in total. The van der Waals surface area contributed by atoms with Crippen molar-refractivity contribution in [2.75, 3.05) is 11.9 Å². The fraction of sp³-hybridized carbons (Fsp3) is 0.429. The van der Waals surface area contributed by atoms with Crippen molar-refractivity contribution in [1.82, 2.24) is 0 Å². The second-order valence-electron chi connectivity index (χ2n) is 8.31. The summed E-state index contributed by atoms with van der Waals surface area (Å²) in [5.41, 5.74) is 5.48. The lowest BCUT2D eigenvalue weighted by molar-refractivity contribution is 0.00578. The van der Waals surface area contributed by atoms with Gasteiger partial charge < -0.3 is 14.2 Å². The van der Waals surface area contributed by atoms with Crippen molar-refractivity contribution in [3.8, 4) is 0 Å². The van der Waals surface area contributed by atoms with E-state index >= 15 is 0 Å². The normalized spacial score (nSPS) is 20.5. The van der Waals surface area contributed by atoms with Crippen molar-refractivity contribution in [2.45, 2.75) is 51.7 Å². The Morgan fingerprint density at radius 2 is 1.42 bits per heavy atom. The molecule has 2 aromatic carbocycles. The number of nitrogens with zero attached hydrogens (tertiary/aromatic N) is 1. The van der Waals surface area contributed by atoms with Gasteiger partial charge in [0, 0.05) is 23.4 Å². The molecule has 2 aromatic rings. The first-order chi connectivity index (χ1) is 12.2. The van der Waals surface area contributed by atoms with Crippen molar-refractivity contribution >= 4 is 35.6 Å². The van der Waals surface area contributed by atoms with Gasteiger partial charge in [-0.15, -0.1) is 0 Å². The van der Waals surface area contributed by atoms with Crippen molar-refractivity contribution in [2.24, 2.45) is 0 Å². The van der Waals surface area contributed by atoms with Crippen LogP contribution in [0.25, 0.3) is 0 Å². The largest absolute Gasteiger partial charge is 0.494 e. The molecule has 0 aromatic heterocycles. The molecule has 136 valence electrons. The fourth-order valence-electron chi connectivity index (χ4n) is 3.74. The van der Waals surface area contributed by atoms with E-state index in [0.29, 0.717) is 0 Å². The van der Waals surface area contributed by atoms with Crippen LogP contribution in [0.3, 0.4) is 0 Å². The van der Waals surface area contributed by atoms with E-state index < -0.39 is 0 Å². The zero-order valence-electron chi connectivity index (χ0n) is 16.1. The van der Waals surface area contributed by atoms with Gasteiger partial charge in [-0.25, -0.2) is 0 Å². The van der Waals surface area contributed by atoms with Gasteiger partial charge in [0.1, 0.15) is 0 Å². The third-order valence-electron chi connectivity index (χ3n) is 6.06. The zero-order chi connectivity index (χ0) is 18.7. The van der Waals surface area contributed by atoms with Crippen LogP contribution in [0.1, 0.15) is 38.8 Å². The maximum absolute atomic E-state index is 6.22. The lowest BCUT2D eigenvalue weighted by Gasteiger charge is -2.32. The van der Waals surface area contributed by atoms with Crippen LogP contribution in [0.2, 0.25) is 5.02 Å². The van der Waals surface area contributed by atoms with Gasteiger partial charge in [-0.2, -0.15) is 0 Å². The summed E-state index contributed by atoms with van der Waals surface area (Å²) >= 11 is 6.20. The monoisotopic (exact) mass is 369 g/mol. The average Bonchev–Trinajstić information content (AvgIpc) is 2.71. The summed E-state index contributed by atoms with van der Waals surface area (Å²) in [5, 5.41) is 0.793. The Labute approximate surface area is 161 Å². The Morgan fingerprint density at radius 1 is 0.885 bits per heavy atom. The predicted octanol–water partition coefficient (Wildman–Crippen LogP) is 4.51. The van der Waals surface area contributed by atoms with Gasteiger partial charge in [0.25, 0.3) is 0 Å². The molecule has 0 aliphatic carbocycles. The Hall–Kier alpha value is -1.49. The first-order valence-electron chi connectivity index (χ1n) is 9.18.